The quantitative estimate of drug-likeness (QED) is 0.893. The van der Waals surface area contributed by atoms with E-state index in [4.69, 9.17) is 5.11 Å². The Morgan fingerprint density at radius 1 is 1.14 bits per heavy atom. The van der Waals surface area contributed by atoms with Gasteiger partial charge in [-0.2, -0.15) is 0 Å². The van der Waals surface area contributed by atoms with Crippen LogP contribution in [0, 0.1) is 5.82 Å². The first-order chi connectivity index (χ1) is 9.83. The second kappa shape index (κ2) is 5.95. The van der Waals surface area contributed by atoms with Gasteiger partial charge in [0.05, 0.1) is 20.7 Å². The molecule has 0 amide bonds. The predicted octanol–water partition coefficient (Wildman–Crippen LogP) is 3.26. The molecular weight excluding hydrogens is 363 g/mol. The Morgan fingerprint density at radius 2 is 1.81 bits per heavy atom. The second-order valence-corrected chi connectivity index (χ2v) is 7.02. The molecule has 0 unspecified atom stereocenters. The van der Waals surface area contributed by atoms with Crippen molar-refractivity contribution in [1.29, 1.82) is 0 Å². The zero-order valence-electron chi connectivity index (χ0n) is 10.6. The van der Waals surface area contributed by atoms with Crippen molar-refractivity contribution >= 4 is 31.7 Å². The molecule has 0 saturated heterocycles. The summed E-state index contributed by atoms with van der Waals surface area (Å²) < 4.78 is 38.3. The molecule has 0 aliphatic rings. The number of sulfone groups is 1. The highest BCUT2D eigenvalue weighted by atomic mass is 79.9. The first-order valence-corrected chi connectivity index (χ1v) is 8.25. The van der Waals surface area contributed by atoms with Crippen LogP contribution in [0.15, 0.2) is 51.8 Å². The van der Waals surface area contributed by atoms with Crippen molar-refractivity contribution in [2.24, 2.45) is 0 Å². The van der Waals surface area contributed by atoms with Gasteiger partial charge in [0.15, 0.2) is 9.84 Å². The first-order valence-electron chi connectivity index (χ1n) is 5.81. The van der Waals surface area contributed by atoms with Crippen LogP contribution in [0.4, 0.5) is 4.39 Å². The van der Waals surface area contributed by atoms with E-state index in [1.807, 2.05) is 0 Å². The molecule has 110 valence electrons. The van der Waals surface area contributed by atoms with Gasteiger partial charge in [0.25, 0.3) is 0 Å². The summed E-state index contributed by atoms with van der Waals surface area (Å²) >= 11 is 3.00. The monoisotopic (exact) mass is 372 g/mol. The molecule has 0 aliphatic heterocycles. The third kappa shape index (κ3) is 3.30. The number of benzene rings is 2. The number of hydrogen-bond donors (Lipinski definition) is 1. The SMILES string of the molecule is O=C(O)c1ccccc1S(=O)(=O)Cc1cccc(F)c1Br. The van der Waals surface area contributed by atoms with E-state index in [9.17, 15) is 17.6 Å². The number of rotatable bonds is 4. The molecule has 0 spiro atoms. The average molecular weight is 373 g/mol. The zero-order chi connectivity index (χ0) is 15.6. The lowest BCUT2D eigenvalue weighted by Gasteiger charge is -2.09. The van der Waals surface area contributed by atoms with E-state index in [-0.39, 0.29) is 20.5 Å². The Balaban J connectivity index is 2.49. The summed E-state index contributed by atoms with van der Waals surface area (Å²) in [6.07, 6.45) is 0. The van der Waals surface area contributed by atoms with Gasteiger partial charge in [-0.15, -0.1) is 0 Å². The van der Waals surface area contributed by atoms with E-state index in [0.717, 1.165) is 0 Å². The van der Waals surface area contributed by atoms with Crippen molar-refractivity contribution in [3.63, 3.8) is 0 Å². The third-order valence-electron chi connectivity index (χ3n) is 2.83. The molecule has 0 saturated carbocycles. The number of carboxylic acids is 1. The zero-order valence-corrected chi connectivity index (χ0v) is 13.0. The Morgan fingerprint density at radius 3 is 2.48 bits per heavy atom. The molecular formula is C14H10BrFO4S. The molecule has 7 heteroatoms. The Hall–Kier alpha value is -1.73. The number of carbonyl (C=O) groups is 1. The smallest absolute Gasteiger partial charge is 0.337 e. The fraction of sp³-hybridized carbons (Fsp3) is 0.0714. The molecule has 2 rings (SSSR count). The van der Waals surface area contributed by atoms with Gasteiger partial charge in [0, 0.05) is 0 Å². The van der Waals surface area contributed by atoms with Crippen molar-refractivity contribution in [3.8, 4) is 0 Å². The summed E-state index contributed by atoms with van der Waals surface area (Å²) in [4.78, 5) is 10.8. The maximum absolute atomic E-state index is 13.4. The van der Waals surface area contributed by atoms with Gasteiger partial charge in [-0.1, -0.05) is 24.3 Å². The Kier molecular flexibility index (Phi) is 4.43. The van der Waals surface area contributed by atoms with Crippen LogP contribution in [0.5, 0.6) is 0 Å². The third-order valence-corrected chi connectivity index (χ3v) is 5.43. The topological polar surface area (TPSA) is 71.4 Å². The largest absolute Gasteiger partial charge is 0.478 e. The maximum Gasteiger partial charge on any atom is 0.337 e. The van der Waals surface area contributed by atoms with E-state index in [1.165, 1.54) is 42.5 Å². The van der Waals surface area contributed by atoms with Crippen LogP contribution in [-0.2, 0) is 15.6 Å². The molecule has 0 aromatic heterocycles. The highest BCUT2D eigenvalue weighted by Gasteiger charge is 2.23. The van der Waals surface area contributed by atoms with Gasteiger partial charge >= 0.3 is 5.97 Å². The molecule has 4 nitrogen and oxygen atoms in total. The molecule has 0 fully saturated rings. The molecule has 2 aromatic rings. The summed E-state index contributed by atoms with van der Waals surface area (Å²) in [6.45, 7) is 0. The van der Waals surface area contributed by atoms with E-state index < -0.39 is 27.4 Å². The lowest BCUT2D eigenvalue weighted by molar-refractivity contribution is 0.0692. The summed E-state index contributed by atoms with van der Waals surface area (Å²) in [5.74, 6) is -2.39. The van der Waals surface area contributed by atoms with Gasteiger partial charge in [0.1, 0.15) is 5.82 Å². The van der Waals surface area contributed by atoms with Gasteiger partial charge in [-0.05, 0) is 39.7 Å². The van der Waals surface area contributed by atoms with Gasteiger partial charge in [-0.25, -0.2) is 17.6 Å². The molecule has 0 atom stereocenters. The average Bonchev–Trinajstić information content (AvgIpc) is 2.44. The van der Waals surface area contributed by atoms with Crippen LogP contribution in [0.2, 0.25) is 0 Å². The van der Waals surface area contributed by atoms with Gasteiger partial charge in [0.2, 0.25) is 0 Å². The van der Waals surface area contributed by atoms with Gasteiger partial charge < -0.3 is 5.11 Å². The van der Waals surface area contributed by atoms with Crippen LogP contribution >= 0.6 is 15.9 Å². The van der Waals surface area contributed by atoms with E-state index >= 15 is 0 Å². The van der Waals surface area contributed by atoms with E-state index in [0.29, 0.717) is 0 Å². The minimum absolute atomic E-state index is 0.0568. The number of hydrogen-bond acceptors (Lipinski definition) is 3. The van der Waals surface area contributed by atoms with Crippen LogP contribution in [0.1, 0.15) is 15.9 Å². The summed E-state index contributed by atoms with van der Waals surface area (Å²) in [5, 5.41) is 9.06. The van der Waals surface area contributed by atoms with Crippen molar-refractivity contribution in [3.05, 3.63) is 63.9 Å². The summed E-state index contributed by atoms with van der Waals surface area (Å²) in [6, 6.07) is 9.40. The number of halogens is 2. The van der Waals surface area contributed by atoms with Crippen molar-refractivity contribution < 1.29 is 22.7 Å². The number of aromatic carboxylic acids is 1. The number of carboxylic acid groups (broad SMARTS) is 1. The van der Waals surface area contributed by atoms with Crippen molar-refractivity contribution in [2.75, 3.05) is 0 Å². The maximum atomic E-state index is 13.4. The molecule has 0 heterocycles. The molecule has 0 bridgehead atoms. The van der Waals surface area contributed by atoms with E-state index in [2.05, 4.69) is 15.9 Å². The Labute approximate surface area is 129 Å². The second-order valence-electron chi connectivity index (χ2n) is 4.27. The fourth-order valence-corrected chi connectivity index (χ4v) is 4.03. The highest BCUT2D eigenvalue weighted by molar-refractivity contribution is 9.10. The minimum Gasteiger partial charge on any atom is -0.478 e. The normalized spacial score (nSPS) is 11.3. The summed E-state index contributed by atoms with van der Waals surface area (Å²) in [7, 11) is -3.91. The molecule has 0 aliphatic carbocycles. The van der Waals surface area contributed by atoms with Crippen molar-refractivity contribution in [2.45, 2.75) is 10.6 Å². The highest BCUT2D eigenvalue weighted by Crippen LogP contribution is 2.26. The van der Waals surface area contributed by atoms with Crippen LogP contribution in [0.3, 0.4) is 0 Å². The molecule has 0 radical (unpaired) electrons. The van der Waals surface area contributed by atoms with Crippen molar-refractivity contribution in [1.82, 2.24) is 0 Å². The summed E-state index contributed by atoms with van der Waals surface area (Å²) in [5.41, 5.74) is -0.0692. The molecule has 1 N–H and O–H groups in total. The minimum atomic E-state index is -3.91. The lowest BCUT2D eigenvalue weighted by Crippen LogP contribution is -2.11. The predicted molar refractivity (Wildman–Crippen MR) is 78.4 cm³/mol. The Bertz CT molecular complexity index is 802. The fourth-order valence-electron chi connectivity index (χ4n) is 1.86. The van der Waals surface area contributed by atoms with Crippen LogP contribution < -0.4 is 0 Å². The molecule has 21 heavy (non-hydrogen) atoms. The molecule has 2 aromatic carbocycles. The first kappa shape index (κ1) is 15.7. The lowest BCUT2D eigenvalue weighted by atomic mass is 10.2. The van der Waals surface area contributed by atoms with Gasteiger partial charge in [-0.3, -0.25) is 0 Å². The van der Waals surface area contributed by atoms with Crippen LogP contribution in [-0.4, -0.2) is 19.5 Å². The standard InChI is InChI=1S/C14H10BrFO4S/c15-13-9(4-3-6-11(13)16)8-21(19,20)12-7-2-1-5-10(12)14(17)18/h1-7H,8H2,(H,17,18). The van der Waals surface area contributed by atoms with E-state index in [1.54, 1.807) is 0 Å². The van der Waals surface area contributed by atoms with Crippen LogP contribution in [0.25, 0.3) is 0 Å².